The first kappa shape index (κ1) is 13.2. The average molecular weight is 280 g/mol. The van der Waals surface area contributed by atoms with Gasteiger partial charge in [0.1, 0.15) is 5.82 Å². The SMILES string of the molecule is CN(C)c1ccc(NC(=O)c2cccc3[nH]ccc23)cn1. The smallest absolute Gasteiger partial charge is 0.256 e. The topological polar surface area (TPSA) is 61.0 Å². The summed E-state index contributed by atoms with van der Waals surface area (Å²) in [5.74, 6) is 0.709. The van der Waals surface area contributed by atoms with E-state index in [9.17, 15) is 4.79 Å². The second-order valence-corrected chi connectivity index (χ2v) is 5.00. The number of hydrogen-bond donors (Lipinski definition) is 2. The molecule has 0 bridgehead atoms. The van der Waals surface area contributed by atoms with Gasteiger partial charge in [-0.15, -0.1) is 0 Å². The molecule has 0 saturated carbocycles. The third-order valence-corrected chi connectivity index (χ3v) is 3.30. The van der Waals surface area contributed by atoms with Crippen molar-refractivity contribution in [2.75, 3.05) is 24.3 Å². The van der Waals surface area contributed by atoms with Crippen molar-refractivity contribution in [3.63, 3.8) is 0 Å². The van der Waals surface area contributed by atoms with E-state index >= 15 is 0 Å². The lowest BCUT2D eigenvalue weighted by atomic mass is 10.1. The predicted octanol–water partition coefficient (Wildman–Crippen LogP) is 2.88. The van der Waals surface area contributed by atoms with E-state index in [0.717, 1.165) is 16.7 Å². The summed E-state index contributed by atoms with van der Waals surface area (Å²) < 4.78 is 0. The highest BCUT2D eigenvalue weighted by Crippen LogP contribution is 2.19. The van der Waals surface area contributed by atoms with Crippen molar-refractivity contribution in [3.05, 3.63) is 54.4 Å². The van der Waals surface area contributed by atoms with Gasteiger partial charge in [-0.3, -0.25) is 4.79 Å². The Kier molecular flexibility index (Phi) is 3.31. The first-order valence-electron chi connectivity index (χ1n) is 6.66. The Bertz CT molecular complexity index is 774. The van der Waals surface area contributed by atoms with Crippen LogP contribution in [0.4, 0.5) is 11.5 Å². The van der Waals surface area contributed by atoms with Crippen LogP contribution in [0.2, 0.25) is 0 Å². The molecule has 0 aliphatic rings. The molecule has 0 fully saturated rings. The molecule has 0 aliphatic heterocycles. The highest BCUT2D eigenvalue weighted by molar-refractivity contribution is 6.12. The largest absolute Gasteiger partial charge is 0.363 e. The van der Waals surface area contributed by atoms with Gasteiger partial charge in [0.25, 0.3) is 5.91 Å². The van der Waals surface area contributed by atoms with E-state index in [-0.39, 0.29) is 5.91 Å². The van der Waals surface area contributed by atoms with Gasteiger partial charge in [0, 0.05) is 36.8 Å². The van der Waals surface area contributed by atoms with Crippen molar-refractivity contribution in [1.82, 2.24) is 9.97 Å². The molecule has 3 rings (SSSR count). The van der Waals surface area contributed by atoms with E-state index in [1.54, 1.807) is 6.20 Å². The van der Waals surface area contributed by atoms with E-state index in [4.69, 9.17) is 0 Å². The zero-order valence-electron chi connectivity index (χ0n) is 11.9. The number of hydrogen-bond acceptors (Lipinski definition) is 3. The number of aromatic amines is 1. The van der Waals surface area contributed by atoms with Crippen LogP contribution in [-0.2, 0) is 0 Å². The predicted molar refractivity (Wildman–Crippen MR) is 84.8 cm³/mol. The summed E-state index contributed by atoms with van der Waals surface area (Å²) in [6.45, 7) is 0. The summed E-state index contributed by atoms with van der Waals surface area (Å²) in [7, 11) is 3.85. The lowest BCUT2D eigenvalue weighted by molar-refractivity contribution is 0.102. The number of benzene rings is 1. The number of carbonyl (C=O) groups is 1. The molecule has 1 amide bonds. The first-order valence-corrected chi connectivity index (χ1v) is 6.66. The Labute approximate surface area is 122 Å². The first-order chi connectivity index (χ1) is 10.1. The van der Waals surface area contributed by atoms with Crippen LogP contribution in [0.1, 0.15) is 10.4 Å². The molecule has 2 heterocycles. The van der Waals surface area contributed by atoms with Gasteiger partial charge in [0.2, 0.25) is 0 Å². The summed E-state index contributed by atoms with van der Waals surface area (Å²) >= 11 is 0. The summed E-state index contributed by atoms with van der Waals surface area (Å²) in [4.78, 5) is 21.7. The zero-order chi connectivity index (χ0) is 14.8. The van der Waals surface area contributed by atoms with E-state index in [0.29, 0.717) is 11.3 Å². The molecule has 2 N–H and O–H groups in total. The van der Waals surface area contributed by atoms with Crippen LogP contribution in [0.15, 0.2) is 48.8 Å². The van der Waals surface area contributed by atoms with Crippen molar-refractivity contribution in [2.24, 2.45) is 0 Å². The van der Waals surface area contributed by atoms with E-state index in [1.165, 1.54) is 0 Å². The maximum Gasteiger partial charge on any atom is 0.256 e. The molecule has 1 aromatic carbocycles. The fourth-order valence-corrected chi connectivity index (χ4v) is 2.21. The van der Waals surface area contributed by atoms with Crippen LogP contribution in [0.5, 0.6) is 0 Å². The van der Waals surface area contributed by atoms with Gasteiger partial charge >= 0.3 is 0 Å². The summed E-state index contributed by atoms with van der Waals surface area (Å²) in [5.41, 5.74) is 2.27. The number of anilines is 2. The van der Waals surface area contributed by atoms with Gasteiger partial charge in [-0.1, -0.05) is 6.07 Å². The van der Waals surface area contributed by atoms with Gasteiger partial charge in [-0.2, -0.15) is 0 Å². The molecular formula is C16H16N4O. The number of pyridine rings is 1. The molecule has 5 nitrogen and oxygen atoms in total. The fraction of sp³-hybridized carbons (Fsp3) is 0.125. The minimum Gasteiger partial charge on any atom is -0.363 e. The van der Waals surface area contributed by atoms with Crippen LogP contribution in [0, 0.1) is 0 Å². The number of fused-ring (bicyclic) bond motifs is 1. The minimum absolute atomic E-state index is 0.139. The second kappa shape index (κ2) is 5.28. The Morgan fingerprint density at radius 1 is 1.19 bits per heavy atom. The number of nitrogens with one attached hydrogen (secondary N) is 2. The second-order valence-electron chi connectivity index (χ2n) is 5.00. The van der Waals surface area contributed by atoms with E-state index in [2.05, 4.69) is 15.3 Å². The molecule has 106 valence electrons. The Balaban J connectivity index is 1.84. The lowest BCUT2D eigenvalue weighted by Gasteiger charge is -2.11. The molecule has 0 saturated heterocycles. The molecule has 5 heteroatoms. The number of carbonyl (C=O) groups excluding carboxylic acids is 1. The molecule has 2 aromatic heterocycles. The van der Waals surface area contributed by atoms with Gasteiger partial charge < -0.3 is 15.2 Å². The number of nitrogens with zero attached hydrogens (tertiary/aromatic N) is 2. The summed E-state index contributed by atoms with van der Waals surface area (Å²) in [6, 6.07) is 11.2. The quantitative estimate of drug-likeness (QED) is 0.775. The Hall–Kier alpha value is -2.82. The Morgan fingerprint density at radius 2 is 2.05 bits per heavy atom. The third kappa shape index (κ3) is 2.58. The van der Waals surface area contributed by atoms with Crippen LogP contribution in [0.25, 0.3) is 10.9 Å². The lowest BCUT2D eigenvalue weighted by Crippen LogP contribution is -2.14. The van der Waals surface area contributed by atoms with Gasteiger partial charge in [-0.05, 0) is 30.3 Å². The molecule has 0 unspecified atom stereocenters. The number of aromatic nitrogens is 2. The number of rotatable bonds is 3. The minimum atomic E-state index is -0.139. The summed E-state index contributed by atoms with van der Waals surface area (Å²) in [6.07, 6.45) is 3.49. The zero-order valence-corrected chi connectivity index (χ0v) is 11.9. The van der Waals surface area contributed by atoms with Crippen LogP contribution < -0.4 is 10.2 Å². The van der Waals surface area contributed by atoms with Crippen LogP contribution in [-0.4, -0.2) is 30.0 Å². The summed E-state index contributed by atoms with van der Waals surface area (Å²) in [5, 5.41) is 3.78. The third-order valence-electron chi connectivity index (χ3n) is 3.30. The Morgan fingerprint density at radius 3 is 2.76 bits per heavy atom. The number of H-pyrrole nitrogens is 1. The van der Waals surface area contributed by atoms with Crippen molar-refractivity contribution >= 4 is 28.3 Å². The van der Waals surface area contributed by atoms with Crippen molar-refractivity contribution in [2.45, 2.75) is 0 Å². The van der Waals surface area contributed by atoms with E-state index < -0.39 is 0 Å². The van der Waals surface area contributed by atoms with Crippen LogP contribution in [0.3, 0.4) is 0 Å². The van der Waals surface area contributed by atoms with Crippen LogP contribution >= 0.6 is 0 Å². The maximum absolute atomic E-state index is 12.4. The van der Waals surface area contributed by atoms with Gasteiger partial charge in [0.05, 0.1) is 11.9 Å². The number of amides is 1. The molecule has 3 aromatic rings. The molecule has 0 radical (unpaired) electrons. The molecule has 0 aliphatic carbocycles. The fourth-order valence-electron chi connectivity index (χ4n) is 2.21. The van der Waals surface area contributed by atoms with Crippen molar-refractivity contribution < 1.29 is 4.79 Å². The van der Waals surface area contributed by atoms with Gasteiger partial charge in [-0.25, -0.2) is 4.98 Å². The highest BCUT2D eigenvalue weighted by atomic mass is 16.1. The molecule has 0 atom stereocenters. The van der Waals surface area contributed by atoms with Gasteiger partial charge in [0.15, 0.2) is 0 Å². The maximum atomic E-state index is 12.4. The van der Waals surface area contributed by atoms with Crippen molar-refractivity contribution in [1.29, 1.82) is 0 Å². The molecule has 0 spiro atoms. The molecular weight excluding hydrogens is 264 g/mol. The monoisotopic (exact) mass is 280 g/mol. The van der Waals surface area contributed by atoms with Crippen molar-refractivity contribution in [3.8, 4) is 0 Å². The molecule has 21 heavy (non-hydrogen) atoms. The normalized spacial score (nSPS) is 10.6. The van der Waals surface area contributed by atoms with E-state index in [1.807, 2.05) is 61.6 Å². The highest BCUT2D eigenvalue weighted by Gasteiger charge is 2.10. The average Bonchev–Trinajstić information content (AvgIpc) is 2.96. The standard InChI is InChI=1S/C16H16N4O/c1-20(2)15-7-6-11(10-18-15)19-16(21)13-4-3-5-14-12(13)8-9-17-14/h3-10,17H,1-2H3,(H,19,21).